The van der Waals surface area contributed by atoms with E-state index in [0.717, 1.165) is 0 Å². The Bertz CT molecular complexity index is 479. The molecule has 0 saturated carbocycles. The molecule has 0 aliphatic rings. The minimum Gasteiger partial charge on any atom is -0.466 e. The molecule has 1 atom stereocenters. The highest BCUT2D eigenvalue weighted by molar-refractivity contribution is 5.72. The second-order valence-electron chi connectivity index (χ2n) is 3.59. The van der Waals surface area contributed by atoms with Crippen LogP contribution in [0.2, 0.25) is 0 Å². The number of carbonyl (C=O) groups is 1. The van der Waals surface area contributed by atoms with E-state index >= 15 is 0 Å². The minimum atomic E-state index is -0.340. The van der Waals surface area contributed by atoms with Crippen molar-refractivity contribution in [3.63, 3.8) is 0 Å². The van der Waals surface area contributed by atoms with Crippen molar-refractivity contribution in [2.24, 2.45) is 16.1 Å². The summed E-state index contributed by atoms with van der Waals surface area (Å²) in [7, 11) is 0. The summed E-state index contributed by atoms with van der Waals surface area (Å²) in [6.07, 6.45) is 1.49. The molecule has 0 radical (unpaired) electrons. The third-order valence-corrected chi connectivity index (χ3v) is 2.09. The van der Waals surface area contributed by atoms with Crippen LogP contribution in [0.3, 0.4) is 0 Å². The lowest BCUT2D eigenvalue weighted by Gasteiger charge is -2.05. The number of carbonyl (C=O) groups excluding carboxylic acids is 1. The van der Waals surface area contributed by atoms with Crippen molar-refractivity contribution in [3.8, 4) is 6.07 Å². The average Bonchev–Trinajstić information content (AvgIpc) is 2.39. The Kier molecular flexibility index (Phi) is 5.45. The van der Waals surface area contributed by atoms with Crippen LogP contribution in [0.5, 0.6) is 0 Å². The van der Waals surface area contributed by atoms with Crippen molar-refractivity contribution in [1.29, 1.82) is 5.26 Å². The molecule has 1 heterocycles. The normalized spacial score (nSPS) is 12.1. The molecule has 1 unspecified atom stereocenters. The second kappa shape index (κ2) is 7.12. The van der Waals surface area contributed by atoms with Gasteiger partial charge in [0, 0.05) is 12.3 Å². The molecule has 0 bridgehead atoms. The van der Waals surface area contributed by atoms with Crippen molar-refractivity contribution >= 4 is 11.8 Å². The number of rotatable bonds is 5. The van der Waals surface area contributed by atoms with Crippen molar-refractivity contribution < 1.29 is 9.53 Å². The predicted octanol–water partition coefficient (Wildman–Crippen LogP) is 2.24. The summed E-state index contributed by atoms with van der Waals surface area (Å²) in [5.41, 5.74) is 0.470. The molecule has 0 aromatic carbocycles. The van der Waals surface area contributed by atoms with E-state index in [1.54, 1.807) is 19.9 Å². The fourth-order valence-corrected chi connectivity index (χ4v) is 1.14. The van der Waals surface area contributed by atoms with Gasteiger partial charge in [0.15, 0.2) is 5.82 Å². The molecule has 6 heteroatoms. The van der Waals surface area contributed by atoms with E-state index in [0.29, 0.717) is 18.0 Å². The van der Waals surface area contributed by atoms with Gasteiger partial charge in [0.1, 0.15) is 0 Å². The lowest BCUT2D eigenvalue weighted by molar-refractivity contribution is -0.147. The average molecular weight is 246 g/mol. The molecule has 0 spiro atoms. The van der Waals surface area contributed by atoms with E-state index in [-0.39, 0.29) is 18.4 Å². The highest BCUT2D eigenvalue weighted by atomic mass is 16.5. The van der Waals surface area contributed by atoms with Crippen molar-refractivity contribution in [2.45, 2.75) is 13.8 Å². The lowest BCUT2D eigenvalue weighted by atomic mass is 10.2. The number of hydrogen-bond donors (Lipinski definition) is 0. The predicted molar refractivity (Wildman–Crippen MR) is 64.1 cm³/mol. The van der Waals surface area contributed by atoms with Crippen molar-refractivity contribution in [3.05, 3.63) is 23.9 Å². The van der Waals surface area contributed by atoms with Crippen LogP contribution in [0.15, 0.2) is 28.6 Å². The number of pyridine rings is 1. The van der Waals surface area contributed by atoms with E-state index in [2.05, 4.69) is 15.2 Å². The number of nitriles is 1. The molecule has 0 N–H and O–H groups in total. The highest BCUT2D eigenvalue weighted by Gasteiger charge is 2.12. The Morgan fingerprint density at radius 2 is 2.44 bits per heavy atom. The maximum atomic E-state index is 11.3. The van der Waals surface area contributed by atoms with E-state index in [9.17, 15) is 4.79 Å². The summed E-state index contributed by atoms with van der Waals surface area (Å²) in [6, 6.07) is 5.10. The zero-order valence-corrected chi connectivity index (χ0v) is 10.3. The maximum Gasteiger partial charge on any atom is 0.310 e. The van der Waals surface area contributed by atoms with Gasteiger partial charge >= 0.3 is 5.97 Å². The first-order chi connectivity index (χ1) is 8.67. The standard InChI is InChI=1S/C12H14N4O2/c1-3-18-12(17)9(2)8-15-16-11-6-10(7-13)4-5-14-11/h4-6,9H,3,8H2,1-2H3. The lowest BCUT2D eigenvalue weighted by Crippen LogP contribution is -2.16. The number of hydrogen-bond acceptors (Lipinski definition) is 6. The van der Waals surface area contributed by atoms with Crippen LogP contribution in [-0.2, 0) is 9.53 Å². The van der Waals surface area contributed by atoms with Gasteiger partial charge in [-0.05, 0) is 13.0 Å². The van der Waals surface area contributed by atoms with Crippen LogP contribution < -0.4 is 0 Å². The SMILES string of the molecule is CCOC(=O)C(C)CN=Nc1cc(C#N)ccn1. The zero-order chi connectivity index (χ0) is 13.4. The Balaban J connectivity index is 2.54. The fourth-order valence-electron chi connectivity index (χ4n) is 1.14. The van der Waals surface area contributed by atoms with E-state index in [1.807, 2.05) is 6.07 Å². The van der Waals surface area contributed by atoms with Gasteiger partial charge in [0.2, 0.25) is 0 Å². The first-order valence-corrected chi connectivity index (χ1v) is 5.57. The number of azo groups is 1. The molecule has 0 aliphatic heterocycles. The molecule has 18 heavy (non-hydrogen) atoms. The van der Waals surface area contributed by atoms with Gasteiger partial charge in [-0.2, -0.15) is 10.4 Å². The molecule has 6 nitrogen and oxygen atoms in total. The highest BCUT2D eigenvalue weighted by Crippen LogP contribution is 2.10. The smallest absolute Gasteiger partial charge is 0.310 e. The topological polar surface area (TPSA) is 87.7 Å². The first kappa shape index (κ1) is 13.8. The van der Waals surface area contributed by atoms with Gasteiger partial charge in [-0.25, -0.2) is 4.98 Å². The third kappa shape index (κ3) is 4.29. The molecule has 1 rings (SSSR count). The van der Waals surface area contributed by atoms with Crippen LogP contribution >= 0.6 is 0 Å². The van der Waals surface area contributed by atoms with Crippen LogP contribution in [-0.4, -0.2) is 24.1 Å². The summed E-state index contributed by atoms with van der Waals surface area (Å²) in [5, 5.41) is 16.4. The molecule has 0 fully saturated rings. The van der Waals surface area contributed by atoms with Crippen LogP contribution in [0.4, 0.5) is 5.82 Å². The third-order valence-electron chi connectivity index (χ3n) is 2.09. The van der Waals surface area contributed by atoms with Gasteiger partial charge < -0.3 is 4.74 Å². The molecule has 94 valence electrons. The zero-order valence-electron chi connectivity index (χ0n) is 10.3. The van der Waals surface area contributed by atoms with Gasteiger partial charge in [0.05, 0.1) is 30.7 Å². The van der Waals surface area contributed by atoms with Crippen LogP contribution in [0.1, 0.15) is 19.4 Å². The maximum absolute atomic E-state index is 11.3. The molecule has 0 aliphatic carbocycles. The summed E-state index contributed by atoms with van der Waals surface area (Å²) >= 11 is 0. The Labute approximate surface area is 105 Å². The molecular weight excluding hydrogens is 232 g/mol. The number of nitrogens with zero attached hydrogens (tertiary/aromatic N) is 4. The van der Waals surface area contributed by atoms with E-state index < -0.39 is 0 Å². The molecule has 1 aromatic rings. The Morgan fingerprint density at radius 3 is 3.11 bits per heavy atom. The van der Waals surface area contributed by atoms with Crippen molar-refractivity contribution in [2.75, 3.05) is 13.2 Å². The molecule has 1 aromatic heterocycles. The summed E-state index contributed by atoms with van der Waals surface area (Å²) < 4.78 is 4.84. The van der Waals surface area contributed by atoms with Gasteiger partial charge in [-0.15, -0.1) is 5.11 Å². The van der Waals surface area contributed by atoms with Crippen molar-refractivity contribution in [1.82, 2.24) is 4.98 Å². The van der Waals surface area contributed by atoms with Gasteiger partial charge in [-0.3, -0.25) is 4.79 Å². The summed E-state index contributed by atoms with van der Waals surface area (Å²) in [6.45, 7) is 4.06. The molecule has 0 saturated heterocycles. The largest absolute Gasteiger partial charge is 0.466 e. The quantitative estimate of drug-likeness (QED) is 0.588. The van der Waals surface area contributed by atoms with Crippen LogP contribution in [0, 0.1) is 17.2 Å². The van der Waals surface area contributed by atoms with Gasteiger partial charge in [-0.1, -0.05) is 6.92 Å². The summed E-state index contributed by atoms with van der Waals surface area (Å²) in [4.78, 5) is 15.2. The first-order valence-electron chi connectivity index (χ1n) is 5.57. The number of aromatic nitrogens is 1. The number of ether oxygens (including phenoxy) is 1. The Morgan fingerprint density at radius 1 is 1.67 bits per heavy atom. The van der Waals surface area contributed by atoms with Crippen LogP contribution in [0.25, 0.3) is 0 Å². The minimum absolute atomic E-state index is 0.233. The second-order valence-corrected chi connectivity index (χ2v) is 3.59. The van der Waals surface area contributed by atoms with E-state index in [4.69, 9.17) is 10.00 Å². The Hall–Kier alpha value is -2.29. The fraction of sp³-hybridized carbons (Fsp3) is 0.417. The monoisotopic (exact) mass is 246 g/mol. The summed E-state index contributed by atoms with van der Waals surface area (Å²) in [5.74, 6) is -0.284. The van der Waals surface area contributed by atoms with E-state index in [1.165, 1.54) is 12.3 Å². The number of esters is 1. The van der Waals surface area contributed by atoms with Gasteiger partial charge in [0.25, 0.3) is 0 Å². The molecular formula is C12H14N4O2. The molecule has 0 amide bonds.